The SMILES string of the molecule is CC(C)(C)NC(N)=NCCOc1ccc(C(F)(F)F)cn1.I. The van der Waals surface area contributed by atoms with Crippen LogP contribution in [-0.2, 0) is 6.18 Å². The molecule has 5 nitrogen and oxygen atoms in total. The van der Waals surface area contributed by atoms with Gasteiger partial charge in [0.1, 0.15) is 6.61 Å². The van der Waals surface area contributed by atoms with Crippen molar-refractivity contribution in [3.63, 3.8) is 0 Å². The summed E-state index contributed by atoms with van der Waals surface area (Å²) in [5.74, 6) is 0.395. The molecule has 0 spiro atoms. The molecule has 0 saturated heterocycles. The van der Waals surface area contributed by atoms with E-state index in [1.54, 1.807) is 0 Å². The molecule has 1 rings (SSSR count). The zero-order valence-corrected chi connectivity index (χ0v) is 14.9. The number of halogens is 4. The van der Waals surface area contributed by atoms with Crippen LogP contribution in [0, 0.1) is 0 Å². The Morgan fingerprint density at radius 2 is 1.95 bits per heavy atom. The minimum atomic E-state index is -4.40. The molecular weight excluding hydrogens is 412 g/mol. The number of hydrogen-bond acceptors (Lipinski definition) is 3. The fraction of sp³-hybridized carbons (Fsp3) is 0.538. The van der Waals surface area contributed by atoms with E-state index in [-0.39, 0.29) is 54.5 Å². The predicted molar refractivity (Wildman–Crippen MR) is 89.5 cm³/mol. The van der Waals surface area contributed by atoms with Gasteiger partial charge >= 0.3 is 6.18 Å². The van der Waals surface area contributed by atoms with Crippen LogP contribution < -0.4 is 15.8 Å². The Morgan fingerprint density at radius 1 is 1.32 bits per heavy atom. The van der Waals surface area contributed by atoms with E-state index in [4.69, 9.17) is 10.5 Å². The first-order valence-electron chi connectivity index (χ1n) is 6.32. The molecule has 0 unspecified atom stereocenters. The van der Waals surface area contributed by atoms with Crippen LogP contribution in [0.1, 0.15) is 26.3 Å². The third kappa shape index (κ3) is 8.25. The molecule has 0 radical (unpaired) electrons. The summed E-state index contributed by atoms with van der Waals surface area (Å²) in [5.41, 5.74) is 4.65. The number of ether oxygens (including phenoxy) is 1. The summed E-state index contributed by atoms with van der Waals surface area (Å²) in [7, 11) is 0. The second-order valence-corrected chi connectivity index (χ2v) is 5.37. The molecule has 1 aromatic heterocycles. The van der Waals surface area contributed by atoms with Gasteiger partial charge in [-0.1, -0.05) is 0 Å². The number of alkyl halides is 3. The number of nitrogens with two attached hydrogens (primary N) is 1. The zero-order valence-electron chi connectivity index (χ0n) is 12.6. The first kappa shape index (κ1) is 20.7. The Labute approximate surface area is 144 Å². The van der Waals surface area contributed by atoms with Gasteiger partial charge in [-0.3, -0.25) is 0 Å². The van der Waals surface area contributed by atoms with Gasteiger partial charge in [0, 0.05) is 17.8 Å². The number of aliphatic imine (C=N–C) groups is 1. The van der Waals surface area contributed by atoms with Gasteiger partial charge in [0.2, 0.25) is 5.88 Å². The van der Waals surface area contributed by atoms with Crippen molar-refractivity contribution in [2.24, 2.45) is 10.7 Å². The summed E-state index contributed by atoms with van der Waals surface area (Å²) >= 11 is 0. The fourth-order valence-corrected chi connectivity index (χ4v) is 1.37. The summed E-state index contributed by atoms with van der Waals surface area (Å²) in [6.07, 6.45) is -3.67. The molecule has 0 atom stereocenters. The average molecular weight is 432 g/mol. The minimum Gasteiger partial charge on any atom is -0.476 e. The predicted octanol–water partition coefficient (Wildman–Crippen LogP) is 2.80. The molecular formula is C13H20F3IN4O. The van der Waals surface area contributed by atoms with E-state index in [9.17, 15) is 13.2 Å². The molecule has 0 bridgehead atoms. The van der Waals surface area contributed by atoms with E-state index in [1.165, 1.54) is 6.07 Å². The molecule has 0 aliphatic rings. The quantitative estimate of drug-likeness (QED) is 0.332. The molecule has 1 heterocycles. The van der Waals surface area contributed by atoms with Crippen molar-refractivity contribution < 1.29 is 17.9 Å². The largest absolute Gasteiger partial charge is 0.476 e. The van der Waals surface area contributed by atoms with E-state index in [0.717, 1.165) is 12.3 Å². The lowest BCUT2D eigenvalue weighted by Gasteiger charge is -2.20. The van der Waals surface area contributed by atoms with Crippen LogP contribution in [-0.4, -0.2) is 29.6 Å². The van der Waals surface area contributed by atoms with Crippen LogP contribution in [0.3, 0.4) is 0 Å². The molecule has 3 N–H and O–H groups in total. The first-order valence-corrected chi connectivity index (χ1v) is 6.32. The Kier molecular flexibility index (Phi) is 7.91. The van der Waals surface area contributed by atoms with Gasteiger partial charge in [0.05, 0.1) is 12.1 Å². The van der Waals surface area contributed by atoms with Crippen molar-refractivity contribution in [3.05, 3.63) is 23.9 Å². The van der Waals surface area contributed by atoms with Gasteiger partial charge < -0.3 is 15.8 Å². The maximum absolute atomic E-state index is 12.3. The normalized spacial score (nSPS) is 12.5. The molecule has 0 amide bonds. The lowest BCUT2D eigenvalue weighted by Crippen LogP contribution is -2.45. The van der Waals surface area contributed by atoms with Gasteiger partial charge in [-0.2, -0.15) is 13.2 Å². The number of guanidine groups is 1. The standard InChI is InChI=1S/C13H19F3N4O.HI/c1-12(2,3)20-11(17)18-6-7-21-10-5-4-9(8-19-10)13(14,15)16;/h4-5,8H,6-7H2,1-3H3,(H3,17,18,20);1H. The smallest absolute Gasteiger partial charge is 0.417 e. The van der Waals surface area contributed by atoms with Gasteiger partial charge in [-0.05, 0) is 26.8 Å². The monoisotopic (exact) mass is 432 g/mol. The second kappa shape index (κ2) is 8.39. The Bertz CT molecular complexity index is 484. The fourth-order valence-electron chi connectivity index (χ4n) is 1.37. The summed E-state index contributed by atoms with van der Waals surface area (Å²) in [5, 5.41) is 2.97. The first-order chi connectivity index (χ1) is 9.58. The highest BCUT2D eigenvalue weighted by atomic mass is 127. The summed E-state index contributed by atoms with van der Waals surface area (Å²) in [6, 6.07) is 2.09. The number of aromatic nitrogens is 1. The van der Waals surface area contributed by atoms with E-state index >= 15 is 0 Å². The number of pyridine rings is 1. The van der Waals surface area contributed by atoms with Gasteiger partial charge in [-0.25, -0.2) is 9.98 Å². The molecule has 0 aromatic carbocycles. The maximum atomic E-state index is 12.3. The van der Waals surface area contributed by atoms with Crippen molar-refractivity contribution in [1.29, 1.82) is 0 Å². The number of nitrogens with one attached hydrogen (secondary N) is 1. The molecule has 0 aliphatic heterocycles. The highest BCUT2D eigenvalue weighted by Crippen LogP contribution is 2.29. The van der Waals surface area contributed by atoms with Crippen LogP contribution in [0.5, 0.6) is 5.88 Å². The average Bonchev–Trinajstić information content (AvgIpc) is 2.32. The highest BCUT2D eigenvalue weighted by Gasteiger charge is 2.30. The molecule has 9 heteroatoms. The second-order valence-electron chi connectivity index (χ2n) is 5.37. The van der Waals surface area contributed by atoms with Crippen LogP contribution in [0.15, 0.2) is 23.3 Å². The van der Waals surface area contributed by atoms with Crippen LogP contribution in [0.2, 0.25) is 0 Å². The lowest BCUT2D eigenvalue weighted by molar-refractivity contribution is -0.137. The number of nitrogens with zero attached hydrogens (tertiary/aromatic N) is 2. The Hall–Kier alpha value is -1.26. The Morgan fingerprint density at radius 3 is 2.41 bits per heavy atom. The maximum Gasteiger partial charge on any atom is 0.417 e. The van der Waals surface area contributed by atoms with Crippen molar-refractivity contribution in [1.82, 2.24) is 10.3 Å². The van der Waals surface area contributed by atoms with Crippen molar-refractivity contribution in [2.75, 3.05) is 13.2 Å². The van der Waals surface area contributed by atoms with Crippen molar-refractivity contribution >= 4 is 29.9 Å². The van der Waals surface area contributed by atoms with Crippen LogP contribution in [0.25, 0.3) is 0 Å². The summed E-state index contributed by atoms with van der Waals surface area (Å²) in [4.78, 5) is 7.62. The van der Waals surface area contributed by atoms with Gasteiger partial charge in [0.25, 0.3) is 0 Å². The highest BCUT2D eigenvalue weighted by molar-refractivity contribution is 14.0. The number of hydrogen-bond donors (Lipinski definition) is 2. The topological polar surface area (TPSA) is 72.5 Å². The number of rotatable bonds is 4. The van der Waals surface area contributed by atoms with Crippen LogP contribution >= 0.6 is 24.0 Å². The van der Waals surface area contributed by atoms with E-state index in [1.807, 2.05) is 20.8 Å². The van der Waals surface area contributed by atoms with Gasteiger partial charge in [-0.15, -0.1) is 24.0 Å². The summed E-state index contributed by atoms with van der Waals surface area (Å²) < 4.78 is 42.2. The van der Waals surface area contributed by atoms with Gasteiger partial charge in [0.15, 0.2) is 5.96 Å². The third-order valence-corrected chi connectivity index (χ3v) is 2.19. The molecule has 126 valence electrons. The summed E-state index contributed by atoms with van der Waals surface area (Å²) in [6.45, 7) is 6.27. The molecule has 0 aliphatic carbocycles. The van der Waals surface area contributed by atoms with Crippen molar-refractivity contribution in [2.45, 2.75) is 32.5 Å². The van der Waals surface area contributed by atoms with E-state index < -0.39 is 11.7 Å². The lowest BCUT2D eigenvalue weighted by atomic mass is 10.1. The van der Waals surface area contributed by atoms with Crippen molar-refractivity contribution in [3.8, 4) is 5.88 Å². The minimum absolute atomic E-state index is 0. The van der Waals surface area contributed by atoms with E-state index in [2.05, 4.69) is 15.3 Å². The molecule has 0 fully saturated rings. The Balaban J connectivity index is 0.00000441. The van der Waals surface area contributed by atoms with E-state index in [0.29, 0.717) is 0 Å². The molecule has 22 heavy (non-hydrogen) atoms. The molecule has 0 saturated carbocycles. The zero-order chi connectivity index (χ0) is 16.1. The molecule has 1 aromatic rings. The third-order valence-electron chi connectivity index (χ3n) is 2.19. The van der Waals surface area contributed by atoms with Crippen LogP contribution in [0.4, 0.5) is 13.2 Å².